The molecule has 0 spiro atoms. The average Bonchev–Trinajstić information content (AvgIpc) is 2.83. The van der Waals surface area contributed by atoms with E-state index in [1.165, 1.54) is 11.1 Å². The van der Waals surface area contributed by atoms with E-state index < -0.39 is 0 Å². The molecule has 1 aliphatic heterocycles. The number of allylic oxidation sites excluding steroid dienone is 6. The summed E-state index contributed by atoms with van der Waals surface area (Å²) in [6.45, 7) is 10.7. The van der Waals surface area contributed by atoms with Gasteiger partial charge in [-0.25, -0.2) is 0 Å². The molecular weight excluding hydrogens is 196 g/mol. The second-order valence-electron chi connectivity index (χ2n) is 5.15. The fraction of sp³-hybridized carbons (Fsp3) is 0.600. The van der Waals surface area contributed by atoms with Crippen molar-refractivity contribution in [3.63, 3.8) is 0 Å². The standard InChI is InChI=1S/C15H24O/c1-6-12(2)8-7-9-13(3)10-11-14-15(4,5)16-14/h6-9,14H,10-11H2,1-5H3/b8-7+,12-6+,13-9+. The van der Waals surface area contributed by atoms with Crippen LogP contribution >= 0.6 is 0 Å². The van der Waals surface area contributed by atoms with Crippen molar-refractivity contribution in [2.24, 2.45) is 0 Å². The Hall–Kier alpha value is -0.820. The summed E-state index contributed by atoms with van der Waals surface area (Å²) in [6.07, 6.45) is 11.3. The van der Waals surface area contributed by atoms with Crippen LogP contribution in [0.3, 0.4) is 0 Å². The first-order valence-corrected chi connectivity index (χ1v) is 6.10. The summed E-state index contributed by atoms with van der Waals surface area (Å²) >= 11 is 0. The van der Waals surface area contributed by atoms with E-state index in [2.05, 4.69) is 58.9 Å². The molecule has 1 atom stereocenters. The zero-order chi connectivity index (χ0) is 12.2. The monoisotopic (exact) mass is 220 g/mol. The van der Waals surface area contributed by atoms with E-state index in [1.807, 2.05) is 0 Å². The van der Waals surface area contributed by atoms with Crippen molar-refractivity contribution in [1.82, 2.24) is 0 Å². The summed E-state index contributed by atoms with van der Waals surface area (Å²) in [5, 5.41) is 0. The van der Waals surface area contributed by atoms with Crippen LogP contribution in [0.15, 0.2) is 35.5 Å². The first-order valence-electron chi connectivity index (χ1n) is 6.10. The van der Waals surface area contributed by atoms with Gasteiger partial charge in [-0.05, 0) is 47.5 Å². The fourth-order valence-electron chi connectivity index (χ4n) is 1.64. The summed E-state index contributed by atoms with van der Waals surface area (Å²) in [4.78, 5) is 0. The van der Waals surface area contributed by atoms with E-state index in [1.54, 1.807) is 0 Å². The predicted octanol–water partition coefficient (Wildman–Crippen LogP) is 4.41. The first-order chi connectivity index (χ1) is 7.45. The van der Waals surface area contributed by atoms with Crippen LogP contribution in [0.4, 0.5) is 0 Å². The highest BCUT2D eigenvalue weighted by molar-refractivity contribution is 5.21. The van der Waals surface area contributed by atoms with Gasteiger partial charge in [0.05, 0.1) is 11.7 Å². The molecule has 16 heavy (non-hydrogen) atoms. The smallest absolute Gasteiger partial charge is 0.0892 e. The van der Waals surface area contributed by atoms with E-state index in [9.17, 15) is 0 Å². The maximum Gasteiger partial charge on any atom is 0.0892 e. The Bertz CT molecular complexity index is 318. The van der Waals surface area contributed by atoms with Gasteiger partial charge >= 0.3 is 0 Å². The van der Waals surface area contributed by atoms with Crippen LogP contribution in [-0.4, -0.2) is 11.7 Å². The van der Waals surface area contributed by atoms with Crippen molar-refractivity contribution in [3.05, 3.63) is 35.5 Å². The molecule has 1 rings (SSSR count). The summed E-state index contributed by atoms with van der Waals surface area (Å²) in [6, 6.07) is 0. The second-order valence-corrected chi connectivity index (χ2v) is 5.15. The lowest BCUT2D eigenvalue weighted by Gasteiger charge is -1.98. The highest BCUT2D eigenvalue weighted by Gasteiger charge is 2.46. The van der Waals surface area contributed by atoms with Gasteiger partial charge in [-0.2, -0.15) is 0 Å². The van der Waals surface area contributed by atoms with Crippen LogP contribution in [0.5, 0.6) is 0 Å². The molecule has 1 nitrogen and oxygen atoms in total. The lowest BCUT2D eigenvalue weighted by atomic mass is 10.0. The van der Waals surface area contributed by atoms with Crippen molar-refractivity contribution in [1.29, 1.82) is 0 Å². The Morgan fingerprint density at radius 1 is 1.31 bits per heavy atom. The highest BCUT2D eigenvalue weighted by Crippen LogP contribution is 2.38. The molecule has 0 amide bonds. The van der Waals surface area contributed by atoms with E-state index >= 15 is 0 Å². The van der Waals surface area contributed by atoms with Gasteiger partial charge in [0, 0.05) is 0 Å². The molecule has 0 bridgehead atoms. The van der Waals surface area contributed by atoms with Gasteiger partial charge in [-0.1, -0.05) is 35.5 Å². The molecule has 0 aromatic rings. The van der Waals surface area contributed by atoms with Crippen LogP contribution in [0.2, 0.25) is 0 Å². The van der Waals surface area contributed by atoms with Crippen LogP contribution in [-0.2, 0) is 4.74 Å². The van der Waals surface area contributed by atoms with Crippen LogP contribution in [0, 0.1) is 0 Å². The third kappa shape index (κ3) is 4.36. The normalized spacial score (nSPS) is 25.2. The highest BCUT2D eigenvalue weighted by atomic mass is 16.6. The van der Waals surface area contributed by atoms with Gasteiger partial charge in [-0.15, -0.1) is 0 Å². The Kier molecular flexibility index (Phi) is 4.55. The molecule has 0 aliphatic carbocycles. The Labute approximate surface area is 99.9 Å². The Morgan fingerprint density at radius 2 is 1.94 bits per heavy atom. The summed E-state index contributed by atoms with van der Waals surface area (Å²) in [5.41, 5.74) is 2.86. The van der Waals surface area contributed by atoms with E-state index in [0.717, 1.165) is 12.8 Å². The third-order valence-electron chi connectivity index (χ3n) is 3.16. The summed E-state index contributed by atoms with van der Waals surface area (Å²) < 4.78 is 5.56. The molecule has 0 radical (unpaired) electrons. The van der Waals surface area contributed by atoms with Crippen molar-refractivity contribution in [2.75, 3.05) is 0 Å². The van der Waals surface area contributed by atoms with Gasteiger partial charge < -0.3 is 4.74 Å². The largest absolute Gasteiger partial charge is 0.367 e. The maximum absolute atomic E-state index is 5.56. The number of epoxide rings is 1. The van der Waals surface area contributed by atoms with Crippen LogP contribution in [0.25, 0.3) is 0 Å². The zero-order valence-electron chi connectivity index (χ0n) is 11.2. The van der Waals surface area contributed by atoms with Gasteiger partial charge in [0.25, 0.3) is 0 Å². The van der Waals surface area contributed by atoms with Gasteiger partial charge in [0.2, 0.25) is 0 Å². The van der Waals surface area contributed by atoms with E-state index in [0.29, 0.717) is 6.10 Å². The quantitative estimate of drug-likeness (QED) is 0.494. The number of ether oxygens (including phenoxy) is 1. The molecule has 0 N–H and O–H groups in total. The van der Waals surface area contributed by atoms with Gasteiger partial charge in [0.1, 0.15) is 0 Å². The fourth-order valence-corrected chi connectivity index (χ4v) is 1.64. The summed E-state index contributed by atoms with van der Waals surface area (Å²) in [7, 11) is 0. The molecule has 0 aromatic carbocycles. The first kappa shape index (κ1) is 13.2. The zero-order valence-corrected chi connectivity index (χ0v) is 11.2. The minimum atomic E-state index is 0.137. The molecule has 1 heteroatoms. The van der Waals surface area contributed by atoms with E-state index in [4.69, 9.17) is 4.74 Å². The molecule has 1 unspecified atom stereocenters. The van der Waals surface area contributed by atoms with Crippen LogP contribution < -0.4 is 0 Å². The molecule has 0 saturated carbocycles. The minimum absolute atomic E-state index is 0.137. The van der Waals surface area contributed by atoms with Crippen molar-refractivity contribution >= 4 is 0 Å². The predicted molar refractivity (Wildman–Crippen MR) is 70.5 cm³/mol. The minimum Gasteiger partial charge on any atom is -0.367 e. The molecule has 1 heterocycles. The SMILES string of the molecule is C/C=C(C)/C=C/C=C(\C)CCC1OC1(C)C. The summed E-state index contributed by atoms with van der Waals surface area (Å²) in [5.74, 6) is 0. The number of hydrogen-bond acceptors (Lipinski definition) is 1. The van der Waals surface area contributed by atoms with Crippen LogP contribution in [0.1, 0.15) is 47.5 Å². The molecule has 90 valence electrons. The molecule has 1 fully saturated rings. The lowest BCUT2D eigenvalue weighted by molar-refractivity contribution is 0.320. The number of rotatable bonds is 5. The molecular formula is C15H24O. The van der Waals surface area contributed by atoms with Gasteiger partial charge in [-0.3, -0.25) is 0 Å². The average molecular weight is 220 g/mol. The van der Waals surface area contributed by atoms with Crippen molar-refractivity contribution in [3.8, 4) is 0 Å². The van der Waals surface area contributed by atoms with Crippen molar-refractivity contribution < 1.29 is 4.74 Å². The Morgan fingerprint density at radius 3 is 2.44 bits per heavy atom. The maximum atomic E-state index is 5.56. The van der Waals surface area contributed by atoms with E-state index in [-0.39, 0.29) is 5.60 Å². The topological polar surface area (TPSA) is 12.5 Å². The molecule has 1 aliphatic rings. The number of hydrogen-bond donors (Lipinski definition) is 0. The van der Waals surface area contributed by atoms with Gasteiger partial charge in [0.15, 0.2) is 0 Å². The molecule has 1 saturated heterocycles. The third-order valence-corrected chi connectivity index (χ3v) is 3.16. The lowest BCUT2D eigenvalue weighted by Crippen LogP contribution is -2.02. The second kappa shape index (κ2) is 5.49. The molecule has 0 aromatic heterocycles. The van der Waals surface area contributed by atoms with Crippen molar-refractivity contribution in [2.45, 2.75) is 59.2 Å². The Balaban J connectivity index is 2.27.